The fraction of sp³-hybridized carbons (Fsp3) is 0.533. The first-order valence-corrected chi connectivity index (χ1v) is 12.1. The number of rotatable bonds is 16. The zero-order valence-electron chi connectivity index (χ0n) is 20.6. The molecule has 0 spiro atoms. The molecule has 5 nitrogen and oxygen atoms in total. The van der Waals surface area contributed by atoms with E-state index in [0.29, 0.717) is 0 Å². The van der Waals surface area contributed by atoms with Crippen LogP contribution < -0.4 is 0 Å². The van der Waals surface area contributed by atoms with E-state index in [2.05, 4.69) is 72.0 Å². The minimum absolute atomic E-state index is 0.277. The smallest absolute Gasteiger partial charge is 0.385 e. The maximum atomic E-state index is 11.9. The van der Waals surface area contributed by atoms with Crippen LogP contribution in [-0.4, -0.2) is 36.4 Å². The van der Waals surface area contributed by atoms with Crippen molar-refractivity contribution in [1.29, 1.82) is 0 Å². The first-order valence-electron chi connectivity index (χ1n) is 12.1. The van der Waals surface area contributed by atoms with Gasteiger partial charge in [0.25, 0.3) is 0 Å². The number of esters is 2. The molecule has 0 fully saturated rings. The van der Waals surface area contributed by atoms with E-state index in [4.69, 9.17) is 15.9 Å². The third-order valence-electron chi connectivity index (χ3n) is 4.62. The topological polar surface area (TPSA) is 72.8 Å². The van der Waals surface area contributed by atoms with Crippen LogP contribution in [0.3, 0.4) is 0 Å². The molecule has 0 bridgehead atoms. The molecule has 5 heteroatoms. The van der Waals surface area contributed by atoms with Gasteiger partial charge < -0.3 is 14.6 Å². The summed E-state index contributed by atoms with van der Waals surface area (Å²) in [6, 6.07) is 0. The van der Waals surface area contributed by atoms with Gasteiger partial charge in [-0.1, -0.05) is 71.1 Å². The van der Waals surface area contributed by atoms with Crippen molar-refractivity contribution in [2.24, 2.45) is 0 Å². The molecule has 0 aromatic rings. The van der Waals surface area contributed by atoms with Crippen LogP contribution in [0.5, 0.6) is 0 Å². The second kappa shape index (κ2) is 24.9. The van der Waals surface area contributed by atoms with Crippen molar-refractivity contribution in [3.8, 4) is 71.5 Å². The Bertz CT molecular complexity index is 975. The van der Waals surface area contributed by atoms with Crippen molar-refractivity contribution in [3.63, 3.8) is 0 Å². The minimum atomic E-state index is -0.922. The van der Waals surface area contributed by atoms with Gasteiger partial charge in [0.05, 0.1) is 6.61 Å². The maximum absolute atomic E-state index is 11.9. The Morgan fingerprint density at radius 2 is 1.23 bits per heavy atom. The number of unbranched alkanes of at least 4 members (excludes halogenated alkanes) is 10. The summed E-state index contributed by atoms with van der Waals surface area (Å²) < 4.78 is 10.0. The summed E-state index contributed by atoms with van der Waals surface area (Å²) in [5.74, 6) is 24.4. The average Bonchev–Trinajstić information content (AvgIpc) is 2.86. The number of hydrogen-bond acceptors (Lipinski definition) is 5. The first-order chi connectivity index (χ1) is 17.1. The van der Waals surface area contributed by atoms with Crippen LogP contribution in [0.2, 0.25) is 0 Å². The average molecular weight is 475 g/mol. The van der Waals surface area contributed by atoms with Crippen molar-refractivity contribution in [2.75, 3.05) is 13.2 Å². The molecule has 0 aromatic heterocycles. The Kier molecular flexibility index (Phi) is 22.2. The van der Waals surface area contributed by atoms with Gasteiger partial charge in [-0.25, -0.2) is 4.79 Å². The van der Waals surface area contributed by atoms with Crippen LogP contribution in [0, 0.1) is 71.5 Å². The fourth-order valence-corrected chi connectivity index (χ4v) is 2.84. The number of hydrogen-bond donors (Lipinski definition) is 1. The summed E-state index contributed by atoms with van der Waals surface area (Å²) >= 11 is 0. The van der Waals surface area contributed by atoms with Gasteiger partial charge in [0.2, 0.25) is 0 Å². The van der Waals surface area contributed by atoms with E-state index >= 15 is 0 Å². The zero-order chi connectivity index (χ0) is 25.8. The van der Waals surface area contributed by atoms with Crippen molar-refractivity contribution >= 4 is 11.9 Å². The van der Waals surface area contributed by atoms with E-state index in [1.807, 2.05) is 0 Å². The van der Waals surface area contributed by atoms with Crippen LogP contribution in [0.4, 0.5) is 0 Å². The molecule has 0 saturated carbocycles. The molecular weight excluding hydrogens is 440 g/mol. The van der Waals surface area contributed by atoms with E-state index in [1.165, 1.54) is 51.4 Å². The highest BCUT2D eigenvalue weighted by molar-refractivity contribution is 5.89. The van der Waals surface area contributed by atoms with Crippen LogP contribution in [0.1, 0.15) is 84.0 Å². The van der Waals surface area contributed by atoms with Gasteiger partial charge in [-0.2, -0.15) is 0 Å². The Hall–Kier alpha value is -3.74. The molecule has 0 saturated heterocycles. The van der Waals surface area contributed by atoms with Crippen LogP contribution in [0.25, 0.3) is 0 Å². The lowest BCUT2D eigenvalue weighted by Crippen LogP contribution is -2.28. The van der Waals surface area contributed by atoms with Crippen molar-refractivity contribution in [3.05, 3.63) is 0 Å². The highest BCUT2D eigenvalue weighted by atomic mass is 16.6. The second-order valence-electron chi connectivity index (χ2n) is 7.57. The lowest BCUT2D eigenvalue weighted by molar-refractivity contribution is -0.159. The highest BCUT2D eigenvalue weighted by Gasteiger charge is 2.15. The summed E-state index contributed by atoms with van der Waals surface area (Å²) in [5, 5.41) is 9.34. The number of carbonyl (C=O) groups excluding carboxylic acids is 2. The van der Waals surface area contributed by atoms with E-state index < -0.39 is 24.6 Å². The molecule has 0 amide bonds. The molecule has 1 N–H and O–H groups in total. The van der Waals surface area contributed by atoms with E-state index in [-0.39, 0.29) is 13.0 Å². The van der Waals surface area contributed by atoms with E-state index in [1.54, 1.807) is 0 Å². The van der Waals surface area contributed by atoms with Gasteiger partial charge >= 0.3 is 11.9 Å². The van der Waals surface area contributed by atoms with Gasteiger partial charge in [0.1, 0.15) is 6.61 Å². The quantitative estimate of drug-likeness (QED) is 0.160. The Labute approximate surface area is 211 Å². The third-order valence-corrected chi connectivity index (χ3v) is 4.62. The lowest BCUT2D eigenvalue weighted by atomic mass is 10.1. The van der Waals surface area contributed by atoms with Crippen LogP contribution in [-0.2, 0) is 19.1 Å². The molecular formula is C30H34O5. The van der Waals surface area contributed by atoms with Gasteiger partial charge in [-0.3, -0.25) is 4.79 Å². The second-order valence-corrected chi connectivity index (χ2v) is 7.57. The molecule has 0 aromatic carbocycles. The first kappa shape index (κ1) is 31.3. The number of aliphatic hydroxyl groups is 1. The monoisotopic (exact) mass is 474 g/mol. The van der Waals surface area contributed by atoms with Crippen molar-refractivity contribution in [1.82, 2.24) is 0 Å². The molecule has 1 atom stereocenters. The normalized spacial score (nSPS) is 9.40. The molecule has 0 aliphatic rings. The van der Waals surface area contributed by atoms with Crippen molar-refractivity contribution in [2.45, 2.75) is 90.1 Å². The maximum Gasteiger partial charge on any atom is 0.385 e. The Morgan fingerprint density at radius 1 is 0.743 bits per heavy atom. The number of carbonyl (C=O) groups is 2. The standard InChI is InChI=1S/C30H34O5/c1-3-5-7-9-11-13-15-17-19-21-23-25-30(33)35-28(26-31)27-34-29(32)24-22-20-18-16-14-12-10-8-6-4-2/h2,28,31H,3,5,7,9,11,13,15,17,19,21,23,25-27H2,1H3/t28-/m0/s1. The van der Waals surface area contributed by atoms with Gasteiger partial charge in [-0.15, -0.1) is 6.42 Å². The lowest BCUT2D eigenvalue weighted by Gasteiger charge is -2.14. The minimum Gasteiger partial charge on any atom is -0.456 e. The van der Waals surface area contributed by atoms with Gasteiger partial charge in [0.15, 0.2) is 6.10 Å². The summed E-state index contributed by atoms with van der Waals surface area (Å²) in [4.78, 5) is 23.5. The zero-order valence-corrected chi connectivity index (χ0v) is 20.6. The fourth-order valence-electron chi connectivity index (χ4n) is 2.84. The molecule has 0 rings (SSSR count). The van der Waals surface area contributed by atoms with Crippen LogP contribution >= 0.6 is 0 Å². The number of terminal acetylenes is 1. The van der Waals surface area contributed by atoms with Crippen molar-refractivity contribution < 1.29 is 24.2 Å². The summed E-state index contributed by atoms with van der Waals surface area (Å²) in [7, 11) is 0. The van der Waals surface area contributed by atoms with Gasteiger partial charge in [0, 0.05) is 12.3 Å². The third kappa shape index (κ3) is 23.2. The van der Waals surface area contributed by atoms with E-state index in [0.717, 1.165) is 19.3 Å². The number of ether oxygens (including phenoxy) is 2. The molecule has 184 valence electrons. The predicted octanol–water partition coefficient (Wildman–Crippen LogP) is 3.79. The summed E-state index contributed by atoms with van der Waals surface area (Å²) in [6.45, 7) is 1.49. The molecule has 0 aliphatic carbocycles. The molecule has 0 radical (unpaired) electrons. The SMILES string of the molecule is C#CC#CC#CC#CC#CC#CC(=O)OC[C@H](CO)OC(=O)CCCCCCCCCCCCC. The Morgan fingerprint density at radius 3 is 1.74 bits per heavy atom. The van der Waals surface area contributed by atoms with Gasteiger partial charge in [-0.05, 0) is 65.6 Å². The Balaban J connectivity index is 3.98. The number of aliphatic hydroxyl groups excluding tert-OH is 1. The molecule has 0 heterocycles. The summed E-state index contributed by atoms with van der Waals surface area (Å²) in [5.41, 5.74) is 0. The predicted molar refractivity (Wildman–Crippen MR) is 137 cm³/mol. The van der Waals surface area contributed by atoms with Crippen LogP contribution in [0.15, 0.2) is 0 Å². The highest BCUT2D eigenvalue weighted by Crippen LogP contribution is 2.12. The molecule has 35 heavy (non-hydrogen) atoms. The molecule has 0 aliphatic heterocycles. The summed E-state index contributed by atoms with van der Waals surface area (Å²) in [6.07, 6.45) is 17.4. The van der Waals surface area contributed by atoms with E-state index in [9.17, 15) is 14.7 Å². The largest absolute Gasteiger partial charge is 0.456 e. The molecule has 0 unspecified atom stereocenters.